The van der Waals surface area contributed by atoms with E-state index in [2.05, 4.69) is 16.0 Å². The van der Waals surface area contributed by atoms with Crippen molar-refractivity contribution in [3.63, 3.8) is 0 Å². The number of carbonyl (C=O) groups excluding carboxylic acids is 2. The molecule has 0 spiro atoms. The Kier molecular flexibility index (Phi) is 15.4. The molecule has 1 saturated carbocycles. The first kappa shape index (κ1) is 38.8. The third-order valence-electron chi connectivity index (χ3n) is 8.90. The van der Waals surface area contributed by atoms with E-state index in [0.717, 1.165) is 24.9 Å². The molecule has 3 aliphatic heterocycles. The average Bonchev–Trinajstić information content (AvgIpc) is 3.58. The summed E-state index contributed by atoms with van der Waals surface area (Å²) in [4.78, 5) is 34.2. The number of benzene rings is 1. The van der Waals surface area contributed by atoms with E-state index in [4.69, 9.17) is 22.1 Å². The maximum Gasteiger partial charge on any atom is 0.317 e. The Morgan fingerprint density at radius 1 is 1.04 bits per heavy atom. The second-order valence-corrected chi connectivity index (χ2v) is 14.0. The van der Waals surface area contributed by atoms with Crippen molar-refractivity contribution in [2.75, 3.05) is 75.8 Å². The molecule has 2 aromatic rings. The second-order valence-electron chi connectivity index (χ2n) is 12.1. The van der Waals surface area contributed by atoms with Gasteiger partial charge in [-0.05, 0) is 62.7 Å². The Bertz CT molecular complexity index is 1380. The molecule has 12 nitrogen and oxygen atoms in total. The summed E-state index contributed by atoms with van der Waals surface area (Å²) in [5, 5.41) is 3.16. The van der Waals surface area contributed by atoms with Crippen molar-refractivity contribution >= 4 is 46.0 Å². The van der Waals surface area contributed by atoms with Crippen molar-refractivity contribution in [3.05, 3.63) is 47.1 Å². The number of hydrogen-bond acceptors (Lipinski definition) is 8. The van der Waals surface area contributed by atoms with Crippen LogP contribution >= 0.6 is 11.6 Å². The topological polar surface area (TPSA) is 150 Å². The van der Waals surface area contributed by atoms with Crippen LogP contribution in [0.5, 0.6) is 0 Å². The van der Waals surface area contributed by atoms with Gasteiger partial charge in [0.15, 0.2) is 0 Å². The number of carbonyl (C=O) groups is 2. The van der Waals surface area contributed by atoms with Gasteiger partial charge in [0.2, 0.25) is 5.91 Å². The van der Waals surface area contributed by atoms with Gasteiger partial charge in [-0.2, -0.15) is 0 Å². The van der Waals surface area contributed by atoms with E-state index in [0.29, 0.717) is 82.1 Å². The number of nitrogens with zero attached hydrogens (tertiary/aromatic N) is 5. The Balaban J connectivity index is 0.000000241. The van der Waals surface area contributed by atoms with Crippen LogP contribution in [0.15, 0.2) is 41.3 Å². The smallest absolute Gasteiger partial charge is 0.317 e. The zero-order valence-corrected chi connectivity index (χ0v) is 29.6. The third kappa shape index (κ3) is 11.0. The fourth-order valence-electron chi connectivity index (χ4n) is 6.25. The first-order valence-corrected chi connectivity index (χ1v) is 18.4. The molecule has 4 heterocycles. The number of halogens is 3. The number of pyridine rings is 1. The minimum absolute atomic E-state index is 0.000792. The molecular weight excluding hydrogens is 678 g/mol. The Hall–Kier alpha value is -2.95. The SMILES string of the molecule is CN.NCC1CN(C(=O)NC2CCCCC2)CCO1.O=C1CCCN1c1ccc(S(=O)N2CCN(c3cc(C(F)F)cc(Cl)n3)CC2)cc1. The number of aromatic nitrogens is 1. The van der Waals surface area contributed by atoms with Crippen LogP contribution in [-0.4, -0.2) is 108 Å². The number of alkyl halides is 2. The molecule has 5 N–H and O–H groups in total. The molecule has 4 fully saturated rings. The predicted octanol–water partition coefficient (Wildman–Crippen LogP) is 3.91. The van der Waals surface area contributed by atoms with Crippen LogP contribution in [0, 0.1) is 0 Å². The van der Waals surface area contributed by atoms with Gasteiger partial charge in [0.05, 0.1) is 17.6 Å². The van der Waals surface area contributed by atoms with Crippen molar-refractivity contribution in [1.29, 1.82) is 0 Å². The summed E-state index contributed by atoms with van der Waals surface area (Å²) in [5.41, 5.74) is 10.7. The highest BCUT2D eigenvalue weighted by Crippen LogP contribution is 2.28. The fraction of sp³-hybridized carbons (Fsp3) is 0.606. The van der Waals surface area contributed by atoms with Crippen LogP contribution in [0.4, 0.5) is 25.1 Å². The first-order valence-electron chi connectivity index (χ1n) is 16.9. The van der Waals surface area contributed by atoms with Crippen LogP contribution in [-0.2, 0) is 20.5 Å². The molecule has 16 heteroatoms. The van der Waals surface area contributed by atoms with E-state index in [9.17, 15) is 22.6 Å². The molecule has 2 unspecified atom stereocenters. The third-order valence-corrected chi connectivity index (χ3v) is 10.6. The summed E-state index contributed by atoms with van der Waals surface area (Å²) < 4.78 is 46.3. The maximum absolute atomic E-state index is 13.0. The van der Waals surface area contributed by atoms with Gasteiger partial charge in [0, 0.05) is 76.1 Å². The predicted molar refractivity (Wildman–Crippen MR) is 188 cm³/mol. The maximum atomic E-state index is 13.0. The molecular formula is C33H49ClF2N8O4S. The highest BCUT2D eigenvalue weighted by molar-refractivity contribution is 7.82. The van der Waals surface area contributed by atoms with Gasteiger partial charge in [-0.3, -0.25) is 4.79 Å². The van der Waals surface area contributed by atoms with E-state index in [1.165, 1.54) is 38.4 Å². The lowest BCUT2D eigenvalue weighted by Crippen LogP contribution is -2.53. The number of anilines is 2. The van der Waals surface area contributed by atoms with Gasteiger partial charge in [0.1, 0.15) is 22.0 Å². The van der Waals surface area contributed by atoms with Crippen molar-refractivity contribution in [3.8, 4) is 0 Å². The molecule has 6 rings (SSSR count). The molecule has 3 amide bonds. The van der Waals surface area contributed by atoms with E-state index < -0.39 is 17.4 Å². The van der Waals surface area contributed by atoms with Gasteiger partial charge in [-0.25, -0.2) is 27.1 Å². The molecule has 2 atom stereocenters. The highest BCUT2D eigenvalue weighted by atomic mass is 35.5. The summed E-state index contributed by atoms with van der Waals surface area (Å²) in [6.07, 6.45) is 4.83. The summed E-state index contributed by atoms with van der Waals surface area (Å²) in [5.74, 6) is 0.521. The van der Waals surface area contributed by atoms with Gasteiger partial charge >= 0.3 is 6.03 Å². The summed E-state index contributed by atoms with van der Waals surface area (Å²) >= 11 is 5.89. The molecule has 0 radical (unpaired) electrons. The molecule has 3 saturated heterocycles. The van der Waals surface area contributed by atoms with E-state index in [-0.39, 0.29) is 28.8 Å². The zero-order chi connectivity index (χ0) is 35.3. The molecule has 1 aromatic carbocycles. The zero-order valence-electron chi connectivity index (χ0n) is 28.1. The van der Waals surface area contributed by atoms with Crippen molar-refractivity contribution in [1.82, 2.24) is 19.5 Å². The minimum atomic E-state index is -2.61. The number of hydrogen-bond donors (Lipinski definition) is 3. The van der Waals surface area contributed by atoms with Crippen molar-refractivity contribution in [2.45, 2.75) is 68.4 Å². The van der Waals surface area contributed by atoms with E-state index in [1.807, 2.05) is 26.2 Å². The molecule has 4 aliphatic rings. The van der Waals surface area contributed by atoms with Gasteiger partial charge in [0.25, 0.3) is 6.43 Å². The second kappa shape index (κ2) is 19.4. The van der Waals surface area contributed by atoms with Gasteiger partial charge < -0.3 is 36.2 Å². The van der Waals surface area contributed by atoms with Crippen molar-refractivity contribution < 1.29 is 27.3 Å². The molecule has 1 aromatic heterocycles. The largest absolute Gasteiger partial charge is 0.373 e. The van der Waals surface area contributed by atoms with Crippen LogP contribution in [0.2, 0.25) is 5.15 Å². The monoisotopic (exact) mass is 726 g/mol. The highest BCUT2D eigenvalue weighted by Gasteiger charge is 2.27. The normalized spacial score (nSPS) is 21.1. The first-order chi connectivity index (χ1) is 23.7. The number of nitrogens with one attached hydrogen (secondary N) is 1. The number of amides is 3. The fourth-order valence-corrected chi connectivity index (χ4v) is 7.62. The number of rotatable bonds is 7. The standard InChI is InChI=1S/C20H21ClF2N4O2S.C12H23N3O2.CH5N/c21-17-12-14(20(22)23)13-18(24-17)25-8-10-26(11-9-25)30(29)16-5-3-15(4-6-16)27-7-1-2-19(27)28;13-8-11-9-15(6-7-17-11)12(16)14-10-4-2-1-3-5-10;1-2/h3-6,12-13,20H,1-2,7-11H2;10-11H,1-9,13H2,(H,14,16);2H2,1H3. The Morgan fingerprint density at radius 3 is 2.35 bits per heavy atom. The average molecular weight is 727 g/mol. The summed E-state index contributed by atoms with van der Waals surface area (Å²) in [6, 6.07) is 10.2. The van der Waals surface area contributed by atoms with Crippen LogP contribution in [0.1, 0.15) is 56.9 Å². The quantitative estimate of drug-likeness (QED) is 0.364. The van der Waals surface area contributed by atoms with Crippen LogP contribution in [0.25, 0.3) is 0 Å². The molecule has 1 aliphatic carbocycles. The van der Waals surface area contributed by atoms with Crippen LogP contribution in [0.3, 0.4) is 0 Å². The van der Waals surface area contributed by atoms with E-state index >= 15 is 0 Å². The number of piperazine rings is 1. The van der Waals surface area contributed by atoms with Gasteiger partial charge in [-0.15, -0.1) is 0 Å². The summed E-state index contributed by atoms with van der Waals surface area (Å²) in [6.45, 7) is 5.09. The minimum Gasteiger partial charge on any atom is -0.373 e. The van der Waals surface area contributed by atoms with Crippen molar-refractivity contribution in [2.24, 2.45) is 11.5 Å². The Morgan fingerprint density at radius 2 is 1.73 bits per heavy atom. The molecule has 272 valence electrons. The van der Waals surface area contributed by atoms with Crippen LogP contribution < -0.4 is 26.6 Å². The van der Waals surface area contributed by atoms with Gasteiger partial charge in [-0.1, -0.05) is 30.9 Å². The number of urea groups is 1. The van der Waals surface area contributed by atoms with E-state index in [1.54, 1.807) is 17.0 Å². The molecule has 49 heavy (non-hydrogen) atoms. The Labute approximate surface area is 295 Å². The summed E-state index contributed by atoms with van der Waals surface area (Å²) in [7, 11) is 0.161. The molecule has 0 bridgehead atoms. The number of ether oxygens (including phenoxy) is 1. The lowest BCUT2D eigenvalue weighted by molar-refractivity contribution is -0.117. The number of morpholine rings is 1. The number of nitrogens with two attached hydrogens (primary N) is 2. The lowest BCUT2D eigenvalue weighted by Gasteiger charge is -2.34. The lowest BCUT2D eigenvalue weighted by atomic mass is 9.96.